The van der Waals surface area contributed by atoms with Crippen molar-refractivity contribution < 1.29 is 14.3 Å². The fraction of sp³-hybridized carbons (Fsp3) is 0.462. The Bertz CT molecular complexity index is 907. The molecule has 1 atom stereocenters. The van der Waals surface area contributed by atoms with E-state index in [9.17, 15) is 9.59 Å². The number of ether oxygens (including phenoxy) is 1. The van der Waals surface area contributed by atoms with Crippen molar-refractivity contribution >= 4 is 11.8 Å². The molecule has 166 valence electrons. The number of carbonyl (C=O) groups excluding carboxylic acids is 2. The van der Waals surface area contributed by atoms with Crippen LogP contribution in [0.15, 0.2) is 48.5 Å². The van der Waals surface area contributed by atoms with Crippen LogP contribution in [-0.2, 0) is 20.7 Å². The SMILES string of the molecule is COCC(=O)N1CCC[C@](Cc2ccccc2-c2ccc(C)cc2)(C(=O)NC(C)C)C1. The van der Waals surface area contributed by atoms with Crippen LogP contribution in [-0.4, -0.2) is 49.6 Å². The number of hydrogen-bond acceptors (Lipinski definition) is 3. The van der Waals surface area contributed by atoms with E-state index in [1.807, 2.05) is 26.0 Å². The highest BCUT2D eigenvalue weighted by Gasteiger charge is 2.44. The number of methoxy groups -OCH3 is 1. The van der Waals surface area contributed by atoms with Crippen molar-refractivity contribution in [1.82, 2.24) is 10.2 Å². The Morgan fingerprint density at radius 2 is 1.84 bits per heavy atom. The third-order valence-corrected chi connectivity index (χ3v) is 6.01. The number of nitrogens with zero attached hydrogens (tertiary/aromatic N) is 1. The number of benzene rings is 2. The summed E-state index contributed by atoms with van der Waals surface area (Å²) in [5.41, 5.74) is 3.97. The lowest BCUT2D eigenvalue weighted by Crippen LogP contribution is -2.56. The van der Waals surface area contributed by atoms with Gasteiger partial charge in [0.2, 0.25) is 11.8 Å². The predicted octanol–water partition coefficient (Wildman–Crippen LogP) is 3.98. The van der Waals surface area contributed by atoms with Crippen molar-refractivity contribution in [2.75, 3.05) is 26.8 Å². The first-order chi connectivity index (χ1) is 14.8. The minimum atomic E-state index is -0.660. The molecule has 0 radical (unpaired) electrons. The van der Waals surface area contributed by atoms with Crippen LogP contribution < -0.4 is 5.32 Å². The summed E-state index contributed by atoms with van der Waals surface area (Å²) in [4.78, 5) is 27.8. The molecule has 2 aromatic rings. The van der Waals surface area contributed by atoms with Crippen LogP contribution in [0.3, 0.4) is 0 Å². The average molecular weight is 423 g/mol. The van der Waals surface area contributed by atoms with E-state index in [4.69, 9.17) is 4.74 Å². The Hall–Kier alpha value is -2.66. The first kappa shape index (κ1) is 23.0. The van der Waals surface area contributed by atoms with Crippen LogP contribution >= 0.6 is 0 Å². The molecule has 2 aromatic carbocycles. The fourth-order valence-electron chi connectivity index (χ4n) is 4.44. The van der Waals surface area contributed by atoms with E-state index in [2.05, 4.69) is 48.6 Å². The molecule has 0 unspecified atom stereocenters. The van der Waals surface area contributed by atoms with Crippen molar-refractivity contribution in [2.45, 2.75) is 46.1 Å². The Balaban J connectivity index is 1.97. The van der Waals surface area contributed by atoms with Gasteiger partial charge in [0.25, 0.3) is 0 Å². The maximum atomic E-state index is 13.5. The molecule has 1 aliphatic heterocycles. The Morgan fingerprint density at radius 1 is 1.13 bits per heavy atom. The van der Waals surface area contributed by atoms with Crippen molar-refractivity contribution in [3.8, 4) is 11.1 Å². The minimum absolute atomic E-state index is 0.0242. The zero-order valence-corrected chi connectivity index (χ0v) is 19.1. The molecule has 31 heavy (non-hydrogen) atoms. The van der Waals surface area contributed by atoms with Gasteiger partial charge < -0.3 is 15.0 Å². The lowest BCUT2D eigenvalue weighted by molar-refractivity contribution is -0.144. The summed E-state index contributed by atoms with van der Waals surface area (Å²) in [7, 11) is 1.53. The Labute approximate surface area is 185 Å². The smallest absolute Gasteiger partial charge is 0.248 e. The molecular formula is C26H34N2O3. The van der Waals surface area contributed by atoms with Crippen LogP contribution in [0.5, 0.6) is 0 Å². The van der Waals surface area contributed by atoms with E-state index in [0.29, 0.717) is 19.5 Å². The molecule has 1 saturated heterocycles. The zero-order chi connectivity index (χ0) is 22.4. The molecule has 0 aromatic heterocycles. The molecule has 3 rings (SSSR count). The van der Waals surface area contributed by atoms with Gasteiger partial charge in [-0.2, -0.15) is 0 Å². The number of hydrogen-bond donors (Lipinski definition) is 1. The summed E-state index contributed by atoms with van der Waals surface area (Å²) in [6.45, 7) is 7.15. The predicted molar refractivity (Wildman–Crippen MR) is 124 cm³/mol. The second kappa shape index (κ2) is 10.1. The summed E-state index contributed by atoms with van der Waals surface area (Å²) in [5, 5.41) is 3.12. The van der Waals surface area contributed by atoms with Crippen LogP contribution in [0.1, 0.15) is 37.8 Å². The van der Waals surface area contributed by atoms with E-state index in [1.54, 1.807) is 4.90 Å². The monoisotopic (exact) mass is 422 g/mol. The number of aryl methyl sites for hydroxylation is 1. The van der Waals surface area contributed by atoms with Crippen molar-refractivity contribution in [1.29, 1.82) is 0 Å². The van der Waals surface area contributed by atoms with Gasteiger partial charge in [-0.1, -0.05) is 54.1 Å². The van der Waals surface area contributed by atoms with Gasteiger partial charge in [-0.05, 0) is 56.7 Å². The van der Waals surface area contributed by atoms with E-state index in [0.717, 1.165) is 29.5 Å². The molecule has 5 nitrogen and oxygen atoms in total. The normalized spacial score (nSPS) is 18.8. The molecule has 1 N–H and O–H groups in total. The second-order valence-corrected chi connectivity index (χ2v) is 8.96. The molecule has 0 saturated carbocycles. The molecule has 5 heteroatoms. The van der Waals surface area contributed by atoms with E-state index < -0.39 is 5.41 Å². The largest absolute Gasteiger partial charge is 0.375 e. The topological polar surface area (TPSA) is 58.6 Å². The standard InChI is InChI=1S/C26H34N2O3/c1-19(2)27-25(30)26(14-7-15-28(18-26)24(29)17-31-4)16-22-8-5-6-9-23(22)21-12-10-20(3)11-13-21/h5-6,8-13,19H,7,14-18H2,1-4H3,(H,27,30)/t26-/m1/s1. The van der Waals surface area contributed by atoms with Gasteiger partial charge in [0.15, 0.2) is 0 Å². The van der Waals surface area contributed by atoms with Crippen LogP contribution in [0.2, 0.25) is 0 Å². The van der Waals surface area contributed by atoms with Gasteiger partial charge in [0.1, 0.15) is 6.61 Å². The summed E-state index contributed by atoms with van der Waals surface area (Å²) in [6.07, 6.45) is 2.14. The molecule has 1 aliphatic rings. The molecule has 0 spiro atoms. The molecule has 0 bridgehead atoms. The highest BCUT2D eigenvalue weighted by molar-refractivity contribution is 5.86. The quantitative estimate of drug-likeness (QED) is 0.734. The molecule has 2 amide bonds. The minimum Gasteiger partial charge on any atom is -0.375 e. The maximum Gasteiger partial charge on any atom is 0.248 e. The lowest BCUT2D eigenvalue weighted by Gasteiger charge is -2.42. The van der Waals surface area contributed by atoms with Gasteiger partial charge in [-0.15, -0.1) is 0 Å². The van der Waals surface area contributed by atoms with Crippen LogP contribution in [0.4, 0.5) is 0 Å². The number of amides is 2. The summed E-state index contributed by atoms with van der Waals surface area (Å²) in [6, 6.07) is 16.8. The number of carbonyl (C=O) groups is 2. The fourth-order valence-corrected chi connectivity index (χ4v) is 4.44. The maximum absolute atomic E-state index is 13.5. The van der Waals surface area contributed by atoms with Gasteiger partial charge in [0, 0.05) is 26.2 Å². The second-order valence-electron chi connectivity index (χ2n) is 8.96. The summed E-state index contributed by atoms with van der Waals surface area (Å²) >= 11 is 0. The third kappa shape index (κ3) is 5.53. The highest BCUT2D eigenvalue weighted by atomic mass is 16.5. The summed E-state index contributed by atoms with van der Waals surface area (Å²) in [5.74, 6) is -0.0353. The third-order valence-electron chi connectivity index (χ3n) is 6.01. The van der Waals surface area contributed by atoms with Gasteiger partial charge in [0.05, 0.1) is 5.41 Å². The van der Waals surface area contributed by atoms with Crippen molar-refractivity contribution in [3.63, 3.8) is 0 Å². The van der Waals surface area contributed by atoms with Crippen molar-refractivity contribution in [2.24, 2.45) is 5.41 Å². The Kier molecular flexibility index (Phi) is 7.50. The highest BCUT2D eigenvalue weighted by Crippen LogP contribution is 2.37. The van der Waals surface area contributed by atoms with Crippen LogP contribution in [0, 0.1) is 12.3 Å². The molecular weight excluding hydrogens is 388 g/mol. The lowest BCUT2D eigenvalue weighted by atomic mass is 9.73. The van der Waals surface area contributed by atoms with Crippen LogP contribution in [0.25, 0.3) is 11.1 Å². The number of piperidine rings is 1. The first-order valence-corrected chi connectivity index (χ1v) is 11.1. The van der Waals surface area contributed by atoms with E-state index in [-0.39, 0.29) is 24.5 Å². The number of rotatable bonds is 7. The van der Waals surface area contributed by atoms with Gasteiger partial charge in [-0.3, -0.25) is 9.59 Å². The number of nitrogens with one attached hydrogen (secondary N) is 1. The average Bonchev–Trinajstić information content (AvgIpc) is 2.75. The van der Waals surface area contributed by atoms with Crippen molar-refractivity contribution in [3.05, 3.63) is 59.7 Å². The Morgan fingerprint density at radius 3 is 2.52 bits per heavy atom. The first-order valence-electron chi connectivity index (χ1n) is 11.1. The molecule has 1 fully saturated rings. The zero-order valence-electron chi connectivity index (χ0n) is 19.1. The summed E-state index contributed by atoms with van der Waals surface area (Å²) < 4.78 is 5.06. The molecule has 1 heterocycles. The number of likely N-dealkylation sites (tertiary alicyclic amines) is 1. The molecule has 0 aliphatic carbocycles. The van der Waals surface area contributed by atoms with E-state index in [1.165, 1.54) is 12.7 Å². The van der Waals surface area contributed by atoms with Gasteiger partial charge >= 0.3 is 0 Å². The van der Waals surface area contributed by atoms with Gasteiger partial charge in [-0.25, -0.2) is 0 Å². The van der Waals surface area contributed by atoms with E-state index >= 15 is 0 Å².